The maximum absolute atomic E-state index is 12.3. The fourth-order valence-corrected chi connectivity index (χ4v) is 8.05. The third kappa shape index (κ3) is 11.3. The van der Waals surface area contributed by atoms with Crippen LogP contribution in [-0.4, -0.2) is 136 Å². The number of aliphatic hydroxyl groups is 1. The van der Waals surface area contributed by atoms with E-state index in [0.717, 1.165) is 6.29 Å². The number of aliphatic imine (C=N–C) groups is 2. The summed E-state index contributed by atoms with van der Waals surface area (Å²) in [6.45, 7) is 24.6. The Bertz CT molecular complexity index is 1320. The van der Waals surface area contributed by atoms with Crippen molar-refractivity contribution in [2.45, 2.75) is 127 Å². The van der Waals surface area contributed by atoms with Gasteiger partial charge in [-0.1, -0.05) is 49.5 Å². The number of carbonyl (C=O) groups is 3. The van der Waals surface area contributed by atoms with Gasteiger partial charge < -0.3 is 38.3 Å². The second kappa shape index (κ2) is 18.0. The summed E-state index contributed by atoms with van der Waals surface area (Å²) < 4.78 is 34.5. The van der Waals surface area contributed by atoms with Crippen LogP contribution in [0.2, 0.25) is 0 Å². The second-order valence-corrected chi connectivity index (χ2v) is 17.0. The van der Waals surface area contributed by atoms with Crippen LogP contribution in [-0.2, 0) is 33.2 Å². The first kappa shape index (κ1) is 42.9. The molecule has 16 heteroatoms. The number of aldehydes is 1. The van der Waals surface area contributed by atoms with Crippen LogP contribution in [0.3, 0.4) is 0 Å². The summed E-state index contributed by atoms with van der Waals surface area (Å²) in [5.41, 5.74) is -1.87. The number of amidine groups is 2. The molecule has 0 aromatic rings. The molecule has 51 heavy (non-hydrogen) atoms. The third-order valence-electron chi connectivity index (χ3n) is 8.18. The Labute approximate surface area is 310 Å². The molecule has 4 heterocycles. The van der Waals surface area contributed by atoms with Gasteiger partial charge in [0.15, 0.2) is 10.3 Å². The molecular formula is C35H56N4O10S2. The Morgan fingerprint density at radius 1 is 0.843 bits per heavy atom. The zero-order chi connectivity index (χ0) is 38.4. The van der Waals surface area contributed by atoms with E-state index in [-0.39, 0.29) is 53.1 Å². The van der Waals surface area contributed by atoms with Crippen LogP contribution in [0.1, 0.15) is 62.3 Å². The van der Waals surface area contributed by atoms with Crippen LogP contribution in [0.25, 0.3) is 0 Å². The van der Waals surface area contributed by atoms with Crippen molar-refractivity contribution in [1.29, 1.82) is 0 Å². The number of aliphatic hydroxyl groups excluding tert-OH is 1. The van der Waals surface area contributed by atoms with Gasteiger partial charge in [-0.15, -0.1) is 13.2 Å². The van der Waals surface area contributed by atoms with Crippen molar-refractivity contribution in [2.75, 3.05) is 27.3 Å². The van der Waals surface area contributed by atoms with Crippen LogP contribution in [0.15, 0.2) is 35.3 Å². The smallest absolute Gasteiger partial charge is 0.416 e. The van der Waals surface area contributed by atoms with Gasteiger partial charge in [-0.05, 0) is 48.5 Å². The zero-order valence-corrected chi connectivity index (χ0v) is 33.3. The van der Waals surface area contributed by atoms with Gasteiger partial charge in [0.1, 0.15) is 46.5 Å². The van der Waals surface area contributed by atoms with E-state index in [1.165, 1.54) is 33.3 Å². The quantitative estimate of drug-likeness (QED) is 0.259. The molecule has 4 aliphatic heterocycles. The fourth-order valence-electron chi connectivity index (χ4n) is 5.73. The molecule has 2 saturated heterocycles. The number of thioether (sulfide) groups is 2. The van der Waals surface area contributed by atoms with Crippen molar-refractivity contribution < 1.29 is 47.9 Å². The molecule has 4 aliphatic rings. The van der Waals surface area contributed by atoms with E-state index in [9.17, 15) is 19.5 Å². The standard InChI is InChI=1S/C18H30N2O5S.C17H26N2O5S/c1-8-9-23-14-10(2)13(11(3)21)24-15-12(14)19-16(26-15)20(7)17(22)25-18(4,5)6;1-7-8-22-13-10(2)11(9-20)23-14-12(13)18-15(25-14)19(6)16(21)24-17(3,4)5/h8,10-15,21H,1,9H2,2-7H3;7,9-14H,1,8H2,2-6H3/t10-,11?,12-,13+,14+,15-;10-,11-,12-,13+,14-/m11/s1. The zero-order valence-electron chi connectivity index (χ0n) is 31.6. The maximum Gasteiger partial charge on any atom is 0.416 e. The number of amides is 2. The first-order valence-electron chi connectivity index (χ1n) is 17.0. The second-order valence-electron chi connectivity index (χ2n) is 14.8. The molecule has 1 N–H and O–H groups in total. The molecular weight excluding hydrogens is 701 g/mol. The summed E-state index contributed by atoms with van der Waals surface area (Å²) in [6, 6.07) is -0.555. The van der Waals surface area contributed by atoms with Crippen LogP contribution in [0.4, 0.5) is 9.59 Å². The van der Waals surface area contributed by atoms with Crippen LogP contribution < -0.4 is 0 Å². The van der Waals surface area contributed by atoms with Gasteiger partial charge >= 0.3 is 12.2 Å². The van der Waals surface area contributed by atoms with Crippen molar-refractivity contribution in [3.8, 4) is 0 Å². The molecule has 11 atom stereocenters. The van der Waals surface area contributed by atoms with Crippen molar-refractivity contribution in [3.05, 3.63) is 25.3 Å². The van der Waals surface area contributed by atoms with Crippen molar-refractivity contribution in [2.24, 2.45) is 21.8 Å². The molecule has 288 valence electrons. The molecule has 14 nitrogen and oxygen atoms in total. The monoisotopic (exact) mass is 756 g/mol. The molecule has 0 aromatic carbocycles. The number of fused-ring (bicyclic) bond motifs is 2. The van der Waals surface area contributed by atoms with E-state index in [4.69, 9.17) is 28.4 Å². The van der Waals surface area contributed by atoms with Crippen LogP contribution >= 0.6 is 23.5 Å². The number of hydrogen-bond donors (Lipinski definition) is 1. The van der Waals surface area contributed by atoms with Gasteiger partial charge in [-0.2, -0.15) is 0 Å². The van der Waals surface area contributed by atoms with Crippen LogP contribution in [0, 0.1) is 11.8 Å². The van der Waals surface area contributed by atoms with Gasteiger partial charge in [0.2, 0.25) is 0 Å². The van der Waals surface area contributed by atoms with Crippen molar-refractivity contribution >= 4 is 52.3 Å². The molecule has 0 aromatic heterocycles. The molecule has 2 fully saturated rings. The lowest BCUT2D eigenvalue weighted by molar-refractivity contribution is -0.158. The lowest BCUT2D eigenvalue weighted by Crippen LogP contribution is -2.54. The van der Waals surface area contributed by atoms with Crippen LogP contribution in [0.5, 0.6) is 0 Å². The van der Waals surface area contributed by atoms with Gasteiger partial charge in [-0.3, -0.25) is 19.8 Å². The Morgan fingerprint density at radius 2 is 1.25 bits per heavy atom. The lowest BCUT2D eigenvalue weighted by Gasteiger charge is -2.42. The molecule has 2 amide bonds. The highest BCUT2D eigenvalue weighted by atomic mass is 32.2. The highest BCUT2D eigenvalue weighted by molar-refractivity contribution is 8.14. The Kier molecular flexibility index (Phi) is 15.2. The summed E-state index contributed by atoms with van der Waals surface area (Å²) in [5.74, 6) is -0.194. The largest absolute Gasteiger partial charge is 0.443 e. The highest BCUT2D eigenvalue weighted by Gasteiger charge is 2.51. The average molecular weight is 757 g/mol. The predicted molar refractivity (Wildman–Crippen MR) is 199 cm³/mol. The van der Waals surface area contributed by atoms with Crippen molar-refractivity contribution in [1.82, 2.24) is 9.80 Å². The highest BCUT2D eigenvalue weighted by Crippen LogP contribution is 2.42. The Hall–Kier alpha value is -2.47. The summed E-state index contributed by atoms with van der Waals surface area (Å²) in [4.78, 5) is 48.0. The van der Waals surface area contributed by atoms with E-state index in [0.29, 0.717) is 23.5 Å². The number of nitrogens with zero attached hydrogens (tertiary/aromatic N) is 4. The van der Waals surface area contributed by atoms with Gasteiger partial charge in [0, 0.05) is 25.9 Å². The lowest BCUT2D eigenvalue weighted by atomic mass is 9.87. The Balaban J connectivity index is 0.000000276. The molecule has 4 rings (SSSR count). The van der Waals surface area contributed by atoms with Gasteiger partial charge in [0.25, 0.3) is 0 Å². The summed E-state index contributed by atoms with van der Waals surface area (Å²) >= 11 is 2.66. The minimum Gasteiger partial charge on any atom is -0.443 e. The minimum atomic E-state index is -0.631. The summed E-state index contributed by atoms with van der Waals surface area (Å²) in [7, 11) is 3.24. The van der Waals surface area contributed by atoms with E-state index >= 15 is 0 Å². The molecule has 0 radical (unpaired) electrons. The minimum absolute atomic E-state index is 0.0493. The molecule has 0 saturated carbocycles. The SMILES string of the molecule is C=CCO[C@H]1[C@H](C)[C@@H](C(C)O)O[C@@H]2SC(N(C)C(=O)OC(C)(C)C)=N[C@H]12.C=CCO[C@H]1[C@H](C)[C@@H](C=O)O[C@@H]2SC(N(C)C(=O)OC(C)(C)C)=N[C@H]12. The van der Waals surface area contributed by atoms with E-state index in [1.54, 1.807) is 53.9 Å². The topological polar surface area (TPSA) is 158 Å². The van der Waals surface area contributed by atoms with E-state index in [1.807, 2.05) is 34.6 Å². The fraction of sp³-hybridized carbons (Fsp3) is 0.743. The summed E-state index contributed by atoms with van der Waals surface area (Å²) in [6.07, 6.45) is 1.11. The van der Waals surface area contributed by atoms with E-state index < -0.39 is 35.6 Å². The molecule has 0 spiro atoms. The van der Waals surface area contributed by atoms with E-state index in [2.05, 4.69) is 23.1 Å². The predicted octanol–water partition coefficient (Wildman–Crippen LogP) is 5.09. The molecule has 1 unspecified atom stereocenters. The molecule has 0 bridgehead atoms. The van der Waals surface area contributed by atoms with Gasteiger partial charge in [-0.25, -0.2) is 9.59 Å². The number of hydrogen-bond acceptors (Lipinski definition) is 14. The first-order chi connectivity index (χ1) is 23.7. The Morgan fingerprint density at radius 3 is 1.63 bits per heavy atom. The number of rotatable bonds is 8. The molecule has 0 aliphatic carbocycles. The number of ether oxygens (including phenoxy) is 6. The van der Waals surface area contributed by atoms with Crippen molar-refractivity contribution in [3.63, 3.8) is 0 Å². The van der Waals surface area contributed by atoms with Gasteiger partial charge in [0.05, 0.1) is 37.6 Å². The first-order valence-corrected chi connectivity index (χ1v) is 18.8. The maximum atomic E-state index is 12.3. The normalized spacial score (nSPS) is 32.1. The average Bonchev–Trinajstić information content (AvgIpc) is 3.66. The third-order valence-corrected chi connectivity index (χ3v) is 10.6. The number of carbonyl (C=O) groups excluding carboxylic acids is 3. The summed E-state index contributed by atoms with van der Waals surface area (Å²) in [5, 5.41) is 11.1.